The molecule has 132 valence electrons. The number of nitrogens with zero attached hydrogens (tertiary/aromatic N) is 1. The van der Waals surface area contributed by atoms with E-state index in [1.807, 2.05) is 48.5 Å². The van der Waals surface area contributed by atoms with Crippen molar-refractivity contribution in [3.63, 3.8) is 0 Å². The first-order chi connectivity index (χ1) is 12.7. The molecule has 6 heteroatoms. The molecule has 26 heavy (non-hydrogen) atoms. The van der Waals surface area contributed by atoms with E-state index in [1.54, 1.807) is 11.3 Å². The summed E-state index contributed by atoms with van der Waals surface area (Å²) in [6.45, 7) is 1.07. The van der Waals surface area contributed by atoms with Gasteiger partial charge in [0.05, 0.1) is 10.2 Å². The molecule has 0 aliphatic carbocycles. The summed E-state index contributed by atoms with van der Waals surface area (Å²) < 4.78 is 12.2. The van der Waals surface area contributed by atoms with Crippen molar-refractivity contribution < 1.29 is 19.4 Å². The first-order valence-electron chi connectivity index (χ1n) is 8.35. The van der Waals surface area contributed by atoms with Crippen LogP contribution in [0.25, 0.3) is 21.9 Å². The van der Waals surface area contributed by atoms with Crippen molar-refractivity contribution in [1.82, 2.24) is 4.98 Å². The van der Waals surface area contributed by atoms with Crippen LogP contribution in [0.1, 0.15) is 23.4 Å². The fraction of sp³-hybridized carbons (Fsp3) is 0.200. The van der Waals surface area contributed by atoms with Gasteiger partial charge in [-0.15, -0.1) is 11.3 Å². The van der Waals surface area contributed by atoms with Crippen molar-refractivity contribution in [2.45, 2.75) is 12.8 Å². The number of carboxylic acid groups (broad SMARTS) is 1. The van der Waals surface area contributed by atoms with Crippen LogP contribution < -0.4 is 14.6 Å². The Hall–Kier alpha value is -2.86. The van der Waals surface area contributed by atoms with E-state index in [-0.39, 0.29) is 6.42 Å². The number of hydrogen-bond acceptors (Lipinski definition) is 6. The summed E-state index contributed by atoms with van der Waals surface area (Å²) >= 11 is 1.56. The molecule has 2 heterocycles. The molecule has 0 unspecified atom stereocenters. The predicted octanol–water partition coefficient (Wildman–Crippen LogP) is 3.14. The zero-order valence-corrected chi connectivity index (χ0v) is 14.8. The largest absolute Gasteiger partial charge is 0.550 e. The second kappa shape index (κ2) is 7.17. The molecule has 0 saturated heterocycles. The van der Waals surface area contributed by atoms with Gasteiger partial charge in [-0.2, -0.15) is 0 Å². The van der Waals surface area contributed by atoms with E-state index in [0.717, 1.165) is 32.1 Å². The van der Waals surface area contributed by atoms with Crippen LogP contribution in [0.15, 0.2) is 42.5 Å². The second-order valence-corrected chi connectivity index (χ2v) is 6.96. The topological polar surface area (TPSA) is 71.5 Å². The van der Waals surface area contributed by atoms with Crippen molar-refractivity contribution in [3.05, 3.63) is 53.0 Å². The molecule has 0 amide bonds. The van der Waals surface area contributed by atoms with Gasteiger partial charge in [-0.25, -0.2) is 4.98 Å². The van der Waals surface area contributed by atoms with E-state index >= 15 is 0 Å². The van der Waals surface area contributed by atoms with Crippen LogP contribution >= 0.6 is 11.3 Å². The van der Waals surface area contributed by atoms with E-state index in [0.29, 0.717) is 25.4 Å². The van der Waals surface area contributed by atoms with Gasteiger partial charge in [-0.3, -0.25) is 0 Å². The smallest absolute Gasteiger partial charge is 0.161 e. The fourth-order valence-corrected chi connectivity index (χ4v) is 3.85. The quantitative estimate of drug-likeness (QED) is 0.694. The molecule has 5 nitrogen and oxygen atoms in total. The Bertz CT molecular complexity index is 959. The SMILES string of the molecule is O=C([O-])CC/C(=C\c1ccc2c(c1)OCCO2)c1nc2ccccc2s1. The van der Waals surface area contributed by atoms with Gasteiger partial charge in [0.15, 0.2) is 11.5 Å². The molecule has 0 saturated carbocycles. The summed E-state index contributed by atoms with van der Waals surface area (Å²) in [6.07, 6.45) is 2.27. The number of para-hydroxylation sites is 1. The maximum Gasteiger partial charge on any atom is 0.161 e. The summed E-state index contributed by atoms with van der Waals surface area (Å²) in [5.74, 6) is 0.359. The van der Waals surface area contributed by atoms with Gasteiger partial charge in [0.2, 0.25) is 0 Å². The number of hydrogen-bond donors (Lipinski definition) is 0. The van der Waals surface area contributed by atoms with Crippen molar-refractivity contribution in [1.29, 1.82) is 0 Å². The highest BCUT2D eigenvalue weighted by atomic mass is 32.1. The van der Waals surface area contributed by atoms with E-state index in [1.165, 1.54) is 0 Å². The third kappa shape index (κ3) is 3.55. The van der Waals surface area contributed by atoms with E-state index in [4.69, 9.17) is 9.47 Å². The molecule has 0 spiro atoms. The summed E-state index contributed by atoms with van der Waals surface area (Å²) in [5.41, 5.74) is 2.70. The van der Waals surface area contributed by atoms with Gasteiger partial charge < -0.3 is 19.4 Å². The van der Waals surface area contributed by atoms with Gasteiger partial charge in [-0.1, -0.05) is 18.2 Å². The van der Waals surface area contributed by atoms with Gasteiger partial charge >= 0.3 is 0 Å². The molecule has 4 rings (SSSR count). The van der Waals surface area contributed by atoms with Gasteiger partial charge in [0.25, 0.3) is 0 Å². The van der Waals surface area contributed by atoms with Gasteiger partial charge in [-0.05, 0) is 54.3 Å². The zero-order chi connectivity index (χ0) is 17.9. The van der Waals surface area contributed by atoms with Crippen LogP contribution in [0.2, 0.25) is 0 Å². The number of rotatable bonds is 5. The average Bonchev–Trinajstić information content (AvgIpc) is 3.09. The summed E-state index contributed by atoms with van der Waals surface area (Å²) in [7, 11) is 0. The van der Waals surface area contributed by atoms with E-state index in [9.17, 15) is 9.90 Å². The van der Waals surface area contributed by atoms with E-state index < -0.39 is 5.97 Å². The number of carbonyl (C=O) groups excluding carboxylic acids is 1. The number of benzene rings is 2. The van der Waals surface area contributed by atoms with Crippen molar-refractivity contribution >= 4 is 39.2 Å². The Kier molecular flexibility index (Phi) is 4.58. The van der Waals surface area contributed by atoms with Crippen molar-refractivity contribution in [2.75, 3.05) is 13.2 Å². The molecule has 0 atom stereocenters. The van der Waals surface area contributed by atoms with Crippen LogP contribution in [0, 0.1) is 0 Å². The van der Waals surface area contributed by atoms with Crippen LogP contribution in [0.3, 0.4) is 0 Å². The summed E-state index contributed by atoms with van der Waals surface area (Å²) in [4.78, 5) is 15.6. The number of thiazole rings is 1. The molecule has 2 aromatic carbocycles. The number of carbonyl (C=O) groups is 1. The van der Waals surface area contributed by atoms with Gasteiger partial charge in [0.1, 0.15) is 18.2 Å². The molecule has 0 radical (unpaired) electrons. The minimum absolute atomic E-state index is 0.0493. The highest BCUT2D eigenvalue weighted by molar-refractivity contribution is 7.19. The number of aromatic nitrogens is 1. The first kappa shape index (κ1) is 16.6. The zero-order valence-electron chi connectivity index (χ0n) is 13.9. The molecular formula is C20H16NO4S-. The van der Waals surface area contributed by atoms with Crippen molar-refractivity contribution in [3.8, 4) is 11.5 Å². The second-order valence-electron chi connectivity index (χ2n) is 5.93. The van der Waals surface area contributed by atoms with Crippen molar-refractivity contribution in [2.24, 2.45) is 0 Å². The minimum Gasteiger partial charge on any atom is -0.550 e. The lowest BCUT2D eigenvalue weighted by Gasteiger charge is -2.18. The molecule has 0 fully saturated rings. The molecule has 1 aromatic heterocycles. The lowest BCUT2D eigenvalue weighted by Crippen LogP contribution is -2.21. The Morgan fingerprint density at radius 2 is 1.92 bits per heavy atom. The van der Waals surface area contributed by atoms with Crippen LogP contribution in [-0.4, -0.2) is 24.2 Å². The maximum atomic E-state index is 11.0. The molecular weight excluding hydrogens is 350 g/mol. The Morgan fingerprint density at radius 3 is 2.73 bits per heavy atom. The Labute approximate surface area is 154 Å². The fourth-order valence-electron chi connectivity index (χ4n) is 2.84. The Morgan fingerprint density at radius 1 is 1.12 bits per heavy atom. The van der Waals surface area contributed by atoms with E-state index in [2.05, 4.69) is 4.98 Å². The summed E-state index contributed by atoms with van der Waals surface area (Å²) in [6, 6.07) is 13.6. The number of ether oxygens (including phenoxy) is 2. The molecule has 1 aliphatic rings. The minimum atomic E-state index is -1.07. The maximum absolute atomic E-state index is 11.0. The standard InChI is InChI=1S/C20H17NO4S/c22-19(23)8-6-14(20-21-15-3-1-2-4-18(15)26-20)11-13-5-7-16-17(12-13)25-10-9-24-16/h1-5,7,11-12H,6,8-10H2,(H,22,23)/p-1/b14-11+. The first-order valence-corrected chi connectivity index (χ1v) is 9.17. The monoisotopic (exact) mass is 366 g/mol. The number of aliphatic carboxylic acids is 1. The molecule has 0 N–H and O–H groups in total. The third-order valence-corrected chi connectivity index (χ3v) is 5.19. The third-order valence-electron chi connectivity index (χ3n) is 4.07. The number of carboxylic acids is 1. The molecule has 3 aromatic rings. The predicted molar refractivity (Wildman–Crippen MR) is 99.2 cm³/mol. The molecule has 1 aliphatic heterocycles. The highest BCUT2D eigenvalue weighted by Crippen LogP contribution is 2.34. The average molecular weight is 366 g/mol. The number of fused-ring (bicyclic) bond motifs is 2. The summed E-state index contributed by atoms with van der Waals surface area (Å²) in [5, 5.41) is 11.8. The molecule has 0 bridgehead atoms. The lowest BCUT2D eigenvalue weighted by molar-refractivity contribution is -0.305. The normalized spacial score (nSPS) is 13.8. The van der Waals surface area contributed by atoms with Crippen LogP contribution in [0.4, 0.5) is 0 Å². The Balaban J connectivity index is 1.72. The highest BCUT2D eigenvalue weighted by Gasteiger charge is 2.13. The van der Waals surface area contributed by atoms with Gasteiger partial charge in [0, 0.05) is 5.97 Å². The van der Waals surface area contributed by atoms with Crippen LogP contribution in [-0.2, 0) is 4.79 Å². The number of allylic oxidation sites excluding steroid dienone is 1. The van der Waals surface area contributed by atoms with Crippen LogP contribution in [0.5, 0.6) is 11.5 Å². The lowest BCUT2D eigenvalue weighted by atomic mass is 10.1.